The maximum Gasteiger partial charge on any atom is 0.0211 e. The molecule has 1 N–H and O–H groups in total. The molecule has 0 spiro atoms. The first-order valence-electron chi connectivity index (χ1n) is 4.33. The standard InChI is InChI=1S/C11H13N/c1-9-4-2-3-5-11(9)10-6-7-12-8-10/h2-6,12H,7-8H2,1H3. The number of rotatable bonds is 1. The molecule has 0 saturated carbocycles. The lowest BCUT2D eigenvalue weighted by Gasteiger charge is -2.04. The fourth-order valence-corrected chi connectivity index (χ4v) is 1.61. The quantitative estimate of drug-likeness (QED) is 0.660. The topological polar surface area (TPSA) is 12.0 Å². The lowest BCUT2D eigenvalue weighted by molar-refractivity contribution is 0.897. The summed E-state index contributed by atoms with van der Waals surface area (Å²) in [5, 5.41) is 3.31. The van der Waals surface area contributed by atoms with Crippen molar-refractivity contribution in [2.75, 3.05) is 13.1 Å². The zero-order valence-electron chi connectivity index (χ0n) is 7.30. The normalized spacial score (nSPS) is 16.2. The molecule has 1 nitrogen and oxygen atoms in total. The second kappa shape index (κ2) is 3.11. The highest BCUT2D eigenvalue weighted by Crippen LogP contribution is 2.19. The van der Waals surface area contributed by atoms with E-state index in [2.05, 4.69) is 42.6 Å². The van der Waals surface area contributed by atoms with Crippen molar-refractivity contribution in [3.8, 4) is 0 Å². The fourth-order valence-electron chi connectivity index (χ4n) is 1.61. The van der Waals surface area contributed by atoms with Gasteiger partial charge in [0.25, 0.3) is 0 Å². The lowest BCUT2D eigenvalue weighted by atomic mass is 10.0. The maximum absolute atomic E-state index is 3.31. The SMILES string of the molecule is Cc1ccccc1C1=CCNC1. The molecular weight excluding hydrogens is 146 g/mol. The predicted molar refractivity (Wildman–Crippen MR) is 52.0 cm³/mol. The summed E-state index contributed by atoms with van der Waals surface area (Å²) in [4.78, 5) is 0. The van der Waals surface area contributed by atoms with E-state index in [0.717, 1.165) is 13.1 Å². The zero-order valence-corrected chi connectivity index (χ0v) is 7.30. The van der Waals surface area contributed by atoms with Crippen LogP contribution in [-0.2, 0) is 0 Å². The Bertz CT molecular complexity index is 313. The summed E-state index contributed by atoms with van der Waals surface area (Å²) < 4.78 is 0. The monoisotopic (exact) mass is 159 g/mol. The van der Waals surface area contributed by atoms with Gasteiger partial charge in [-0.15, -0.1) is 0 Å². The van der Waals surface area contributed by atoms with E-state index in [1.807, 2.05) is 0 Å². The molecule has 12 heavy (non-hydrogen) atoms. The molecule has 0 fully saturated rings. The Kier molecular flexibility index (Phi) is 1.96. The fraction of sp³-hybridized carbons (Fsp3) is 0.273. The Labute approximate surface area is 73.1 Å². The second-order valence-corrected chi connectivity index (χ2v) is 3.18. The average molecular weight is 159 g/mol. The minimum Gasteiger partial charge on any atom is -0.309 e. The van der Waals surface area contributed by atoms with Crippen LogP contribution < -0.4 is 5.32 Å². The van der Waals surface area contributed by atoms with Crippen molar-refractivity contribution in [1.82, 2.24) is 5.32 Å². The molecule has 0 radical (unpaired) electrons. The third kappa shape index (κ3) is 1.28. The summed E-state index contributed by atoms with van der Waals surface area (Å²) in [6.45, 7) is 4.20. The van der Waals surface area contributed by atoms with E-state index in [1.54, 1.807) is 0 Å². The first-order chi connectivity index (χ1) is 5.88. The van der Waals surface area contributed by atoms with Gasteiger partial charge in [-0.2, -0.15) is 0 Å². The minimum absolute atomic E-state index is 1.02. The van der Waals surface area contributed by atoms with Crippen molar-refractivity contribution in [3.05, 3.63) is 41.5 Å². The average Bonchev–Trinajstić information content (AvgIpc) is 2.57. The van der Waals surface area contributed by atoms with E-state index in [1.165, 1.54) is 16.7 Å². The van der Waals surface area contributed by atoms with Gasteiger partial charge in [0, 0.05) is 13.1 Å². The van der Waals surface area contributed by atoms with Crippen LogP contribution in [0.15, 0.2) is 30.3 Å². The van der Waals surface area contributed by atoms with Gasteiger partial charge in [0.15, 0.2) is 0 Å². The third-order valence-corrected chi connectivity index (χ3v) is 2.30. The van der Waals surface area contributed by atoms with Gasteiger partial charge >= 0.3 is 0 Å². The van der Waals surface area contributed by atoms with E-state index in [9.17, 15) is 0 Å². The zero-order chi connectivity index (χ0) is 8.39. The summed E-state index contributed by atoms with van der Waals surface area (Å²) in [5.41, 5.74) is 4.20. The number of benzene rings is 1. The molecule has 0 bridgehead atoms. The molecular formula is C11H13N. The van der Waals surface area contributed by atoms with Crippen LogP contribution in [0.4, 0.5) is 0 Å². The second-order valence-electron chi connectivity index (χ2n) is 3.18. The Morgan fingerprint density at radius 1 is 1.25 bits per heavy atom. The van der Waals surface area contributed by atoms with Crippen LogP contribution in [0.2, 0.25) is 0 Å². The summed E-state index contributed by atoms with van der Waals surface area (Å²) in [6.07, 6.45) is 2.27. The Morgan fingerprint density at radius 3 is 2.75 bits per heavy atom. The molecule has 1 aliphatic rings. The Balaban J connectivity index is 2.39. The maximum atomic E-state index is 3.31. The number of hydrogen-bond donors (Lipinski definition) is 1. The molecule has 1 aliphatic heterocycles. The predicted octanol–water partition coefficient (Wildman–Crippen LogP) is 1.98. The van der Waals surface area contributed by atoms with Crippen LogP contribution in [0.5, 0.6) is 0 Å². The van der Waals surface area contributed by atoms with E-state index in [-0.39, 0.29) is 0 Å². The van der Waals surface area contributed by atoms with Gasteiger partial charge in [0.05, 0.1) is 0 Å². The molecule has 0 aliphatic carbocycles. The smallest absolute Gasteiger partial charge is 0.0211 e. The third-order valence-electron chi connectivity index (χ3n) is 2.30. The number of aryl methyl sites for hydroxylation is 1. The highest BCUT2D eigenvalue weighted by atomic mass is 14.9. The molecule has 0 saturated heterocycles. The molecule has 0 amide bonds. The van der Waals surface area contributed by atoms with Gasteiger partial charge < -0.3 is 5.32 Å². The summed E-state index contributed by atoms with van der Waals surface area (Å²) in [5.74, 6) is 0. The van der Waals surface area contributed by atoms with E-state index >= 15 is 0 Å². The van der Waals surface area contributed by atoms with Crippen LogP contribution in [0, 0.1) is 6.92 Å². The van der Waals surface area contributed by atoms with E-state index in [4.69, 9.17) is 0 Å². The molecule has 1 aromatic carbocycles. The van der Waals surface area contributed by atoms with Crippen molar-refractivity contribution < 1.29 is 0 Å². The number of hydrogen-bond acceptors (Lipinski definition) is 1. The molecule has 1 aromatic rings. The molecule has 2 rings (SSSR count). The molecule has 1 heteroatoms. The van der Waals surface area contributed by atoms with Crippen molar-refractivity contribution in [2.45, 2.75) is 6.92 Å². The highest BCUT2D eigenvalue weighted by molar-refractivity contribution is 5.71. The first kappa shape index (κ1) is 7.56. The first-order valence-corrected chi connectivity index (χ1v) is 4.33. The molecule has 0 atom stereocenters. The van der Waals surface area contributed by atoms with Crippen molar-refractivity contribution in [3.63, 3.8) is 0 Å². The minimum atomic E-state index is 1.02. The van der Waals surface area contributed by atoms with Crippen molar-refractivity contribution in [2.24, 2.45) is 0 Å². The summed E-state index contributed by atoms with van der Waals surface area (Å²) in [7, 11) is 0. The van der Waals surface area contributed by atoms with Gasteiger partial charge in [0.2, 0.25) is 0 Å². The van der Waals surface area contributed by atoms with Gasteiger partial charge in [-0.25, -0.2) is 0 Å². The van der Waals surface area contributed by atoms with E-state index < -0.39 is 0 Å². The van der Waals surface area contributed by atoms with Crippen molar-refractivity contribution >= 4 is 5.57 Å². The Morgan fingerprint density at radius 2 is 2.08 bits per heavy atom. The van der Waals surface area contributed by atoms with Crippen LogP contribution in [-0.4, -0.2) is 13.1 Å². The van der Waals surface area contributed by atoms with Crippen LogP contribution in [0.25, 0.3) is 5.57 Å². The van der Waals surface area contributed by atoms with Gasteiger partial charge in [-0.3, -0.25) is 0 Å². The lowest BCUT2D eigenvalue weighted by Crippen LogP contribution is -2.07. The largest absolute Gasteiger partial charge is 0.309 e. The van der Waals surface area contributed by atoms with Gasteiger partial charge in [-0.05, 0) is 23.6 Å². The molecule has 1 heterocycles. The summed E-state index contributed by atoms with van der Waals surface area (Å²) in [6, 6.07) is 8.53. The summed E-state index contributed by atoms with van der Waals surface area (Å²) >= 11 is 0. The Hall–Kier alpha value is -1.08. The molecule has 0 unspecified atom stereocenters. The van der Waals surface area contributed by atoms with E-state index in [0.29, 0.717) is 0 Å². The van der Waals surface area contributed by atoms with Crippen molar-refractivity contribution in [1.29, 1.82) is 0 Å². The van der Waals surface area contributed by atoms with Gasteiger partial charge in [0.1, 0.15) is 0 Å². The highest BCUT2D eigenvalue weighted by Gasteiger charge is 2.07. The van der Waals surface area contributed by atoms with Crippen LogP contribution in [0.1, 0.15) is 11.1 Å². The van der Waals surface area contributed by atoms with Crippen LogP contribution in [0.3, 0.4) is 0 Å². The van der Waals surface area contributed by atoms with Gasteiger partial charge in [-0.1, -0.05) is 30.3 Å². The molecule has 0 aromatic heterocycles. The van der Waals surface area contributed by atoms with Crippen LogP contribution >= 0.6 is 0 Å². The molecule has 62 valence electrons. The number of nitrogens with one attached hydrogen (secondary N) is 1.